The van der Waals surface area contributed by atoms with Crippen LogP contribution >= 0.6 is 0 Å². The summed E-state index contributed by atoms with van der Waals surface area (Å²) in [4.78, 5) is 25.4. The monoisotopic (exact) mass is 656 g/mol. The fourth-order valence-corrected chi connectivity index (χ4v) is 6.49. The van der Waals surface area contributed by atoms with Crippen molar-refractivity contribution in [1.29, 1.82) is 0 Å². The number of nitrogens with one attached hydrogen (secondary N) is 3. The molecule has 1 saturated carbocycles. The molecule has 1 aliphatic rings. The Morgan fingerprint density at radius 2 is 1.59 bits per heavy atom. The third-order valence-corrected chi connectivity index (χ3v) is 8.62. The number of carbonyl (C=O) groups is 1. The van der Waals surface area contributed by atoms with Crippen LogP contribution in [0.25, 0.3) is 22.3 Å². The maximum atomic E-state index is 15.2. The minimum Gasteiger partial charge on any atom is -0.444 e. The number of anilines is 2. The van der Waals surface area contributed by atoms with E-state index in [1.54, 1.807) is 6.92 Å². The van der Waals surface area contributed by atoms with Gasteiger partial charge in [0.1, 0.15) is 28.6 Å². The average Bonchev–Trinajstić information content (AvgIpc) is 2.94. The van der Waals surface area contributed by atoms with Crippen molar-refractivity contribution in [3.63, 3.8) is 0 Å². The number of hydrogen-bond acceptors (Lipinski definition) is 8. The molecule has 1 aliphatic carbocycles. The summed E-state index contributed by atoms with van der Waals surface area (Å²) in [5.41, 5.74) is 0.467. The number of alkyl carbamates (subject to hydrolysis) is 1. The smallest absolute Gasteiger partial charge is 0.407 e. The van der Waals surface area contributed by atoms with Crippen molar-refractivity contribution in [2.24, 2.45) is 0 Å². The van der Waals surface area contributed by atoms with Gasteiger partial charge < -0.3 is 15.4 Å². The highest BCUT2D eigenvalue weighted by Crippen LogP contribution is 2.31. The predicted octanol–water partition coefficient (Wildman–Crippen LogP) is 6.61. The van der Waals surface area contributed by atoms with Crippen molar-refractivity contribution < 1.29 is 31.1 Å². The van der Waals surface area contributed by atoms with Crippen LogP contribution in [-0.4, -0.2) is 47.1 Å². The SMILES string of the molecule is Cc1cc(-c2c(F)cc(NS(=O)(=O)Cc3ccc(F)cc3)cc2F)nc2cnc(N[C@H]3CC[C@H](NC(=O)OC(C)(C)C)CC3)nc12. The van der Waals surface area contributed by atoms with Crippen molar-refractivity contribution >= 4 is 38.8 Å². The number of ether oxygens (including phenoxy) is 1. The molecule has 1 fully saturated rings. The van der Waals surface area contributed by atoms with E-state index in [2.05, 4.69) is 30.3 Å². The molecule has 3 N–H and O–H groups in total. The summed E-state index contributed by atoms with van der Waals surface area (Å²) in [5.74, 6) is -2.65. The summed E-state index contributed by atoms with van der Waals surface area (Å²) in [7, 11) is -4.04. The van der Waals surface area contributed by atoms with Gasteiger partial charge in [-0.1, -0.05) is 12.1 Å². The van der Waals surface area contributed by atoms with Crippen molar-refractivity contribution in [3.05, 3.63) is 77.2 Å². The maximum Gasteiger partial charge on any atom is 0.407 e. The van der Waals surface area contributed by atoms with Crippen LogP contribution in [0.4, 0.5) is 29.6 Å². The number of nitrogens with zero attached hydrogens (tertiary/aromatic N) is 3. The first-order chi connectivity index (χ1) is 21.6. The molecule has 14 heteroatoms. The topological polar surface area (TPSA) is 135 Å². The van der Waals surface area contributed by atoms with Gasteiger partial charge in [0.15, 0.2) is 0 Å². The zero-order valence-corrected chi connectivity index (χ0v) is 26.6. The lowest BCUT2D eigenvalue weighted by atomic mass is 9.91. The number of pyridine rings is 1. The molecule has 0 spiro atoms. The van der Waals surface area contributed by atoms with E-state index >= 15 is 8.78 Å². The number of rotatable bonds is 8. The zero-order chi connectivity index (χ0) is 33.2. The highest BCUT2D eigenvalue weighted by Gasteiger charge is 2.26. The Morgan fingerprint density at radius 3 is 2.22 bits per heavy atom. The van der Waals surface area contributed by atoms with Crippen molar-refractivity contribution in [1.82, 2.24) is 20.3 Å². The van der Waals surface area contributed by atoms with Crippen molar-refractivity contribution in [3.8, 4) is 11.3 Å². The molecule has 4 aromatic rings. The molecule has 2 aromatic heterocycles. The lowest BCUT2D eigenvalue weighted by molar-refractivity contribution is 0.0492. The van der Waals surface area contributed by atoms with E-state index < -0.39 is 50.5 Å². The van der Waals surface area contributed by atoms with Crippen molar-refractivity contribution in [2.45, 2.75) is 76.8 Å². The second kappa shape index (κ2) is 13.1. The first kappa shape index (κ1) is 32.9. The Hall–Kier alpha value is -4.46. The van der Waals surface area contributed by atoms with Gasteiger partial charge in [0.2, 0.25) is 16.0 Å². The highest BCUT2D eigenvalue weighted by atomic mass is 32.2. The Kier molecular flexibility index (Phi) is 9.38. The molecule has 2 aromatic carbocycles. The van der Waals surface area contributed by atoms with E-state index in [0.717, 1.165) is 49.9 Å². The van der Waals surface area contributed by atoms with E-state index in [1.165, 1.54) is 24.4 Å². The first-order valence-electron chi connectivity index (χ1n) is 14.8. The number of benzene rings is 2. The largest absolute Gasteiger partial charge is 0.444 e. The van der Waals surface area contributed by atoms with Gasteiger partial charge in [0.05, 0.1) is 34.4 Å². The summed E-state index contributed by atoms with van der Waals surface area (Å²) in [5, 5.41) is 6.25. The summed E-state index contributed by atoms with van der Waals surface area (Å²) in [6.07, 6.45) is 4.15. The molecule has 0 unspecified atom stereocenters. The lowest BCUT2D eigenvalue weighted by Gasteiger charge is -2.30. The van der Waals surface area contributed by atoms with Crippen LogP contribution in [0, 0.1) is 24.4 Å². The third-order valence-electron chi connectivity index (χ3n) is 7.36. The van der Waals surface area contributed by atoms with Crippen LogP contribution < -0.4 is 15.4 Å². The number of sulfonamides is 1. The molecule has 10 nitrogen and oxygen atoms in total. The molecule has 0 aliphatic heterocycles. The molecule has 0 bridgehead atoms. The molecule has 2 heterocycles. The number of fused-ring (bicyclic) bond motifs is 1. The molecule has 0 radical (unpaired) electrons. The minimum absolute atomic E-state index is 0.000776. The van der Waals surface area contributed by atoms with Crippen molar-refractivity contribution in [2.75, 3.05) is 10.0 Å². The summed E-state index contributed by atoms with van der Waals surface area (Å²) >= 11 is 0. The average molecular weight is 657 g/mol. The van der Waals surface area contributed by atoms with Crippen LogP contribution in [0.15, 0.2) is 48.7 Å². The van der Waals surface area contributed by atoms with Crippen LogP contribution in [0.1, 0.15) is 57.6 Å². The van der Waals surface area contributed by atoms with Crippen LogP contribution in [0.3, 0.4) is 0 Å². The summed E-state index contributed by atoms with van der Waals surface area (Å²) in [6, 6.07) is 8.26. The molecular weight excluding hydrogens is 621 g/mol. The van der Waals surface area contributed by atoms with E-state index in [-0.39, 0.29) is 23.5 Å². The van der Waals surface area contributed by atoms with Crippen LogP contribution in [0.5, 0.6) is 0 Å². The third kappa shape index (κ3) is 8.42. The van der Waals surface area contributed by atoms with Gasteiger partial charge in [-0.05, 0) is 94.8 Å². The normalized spacial score (nSPS) is 17.0. The van der Waals surface area contributed by atoms with E-state index in [4.69, 9.17) is 4.74 Å². The molecule has 0 atom stereocenters. The first-order valence-corrected chi connectivity index (χ1v) is 16.4. The Bertz CT molecular complexity index is 1840. The quantitative estimate of drug-likeness (QED) is 0.193. The molecule has 0 saturated heterocycles. The lowest BCUT2D eigenvalue weighted by Crippen LogP contribution is -2.42. The fourth-order valence-electron chi connectivity index (χ4n) is 5.31. The minimum atomic E-state index is -4.04. The highest BCUT2D eigenvalue weighted by molar-refractivity contribution is 7.91. The van der Waals surface area contributed by atoms with Gasteiger partial charge in [-0.2, -0.15) is 0 Å². The van der Waals surface area contributed by atoms with Gasteiger partial charge >= 0.3 is 6.09 Å². The Balaban J connectivity index is 1.26. The molecule has 5 rings (SSSR count). The number of amides is 1. The fraction of sp³-hybridized carbons (Fsp3) is 0.375. The number of carbonyl (C=O) groups excluding carboxylic acids is 1. The number of aromatic nitrogens is 3. The van der Waals surface area contributed by atoms with Crippen LogP contribution in [0.2, 0.25) is 0 Å². The van der Waals surface area contributed by atoms with E-state index in [9.17, 15) is 17.6 Å². The maximum absolute atomic E-state index is 15.2. The Labute approximate surface area is 265 Å². The molecule has 1 amide bonds. The second-order valence-electron chi connectivity index (χ2n) is 12.4. The van der Waals surface area contributed by atoms with E-state index in [0.29, 0.717) is 28.1 Å². The number of hydrogen-bond donors (Lipinski definition) is 3. The van der Waals surface area contributed by atoms with Gasteiger partial charge in [0.25, 0.3) is 0 Å². The summed E-state index contributed by atoms with van der Waals surface area (Å²) < 4.78 is 76.3. The van der Waals surface area contributed by atoms with Gasteiger partial charge in [-0.15, -0.1) is 0 Å². The van der Waals surface area contributed by atoms with Gasteiger partial charge in [0, 0.05) is 12.1 Å². The van der Waals surface area contributed by atoms with E-state index in [1.807, 2.05) is 20.8 Å². The summed E-state index contributed by atoms with van der Waals surface area (Å²) in [6.45, 7) is 7.20. The predicted molar refractivity (Wildman–Crippen MR) is 169 cm³/mol. The molecule has 46 heavy (non-hydrogen) atoms. The Morgan fingerprint density at radius 1 is 0.957 bits per heavy atom. The molecule has 244 valence electrons. The standard InChI is InChI=1S/C32H35F3N6O4S/c1-18-13-26(28-24(34)14-23(15-25(28)35)41-46(43,44)17-19-5-7-20(33)8-6-19)39-27-16-36-30(40-29(18)27)37-21-9-11-22(12-10-21)38-31(42)45-32(2,3)4/h5-8,13-16,21-22,41H,9-12,17H2,1-4H3,(H,38,42)(H,36,37,40)/t21-,22-. The zero-order valence-electron chi connectivity index (χ0n) is 25.8. The molecular formula is C32H35F3N6O4S. The van der Waals surface area contributed by atoms with Gasteiger partial charge in [-0.25, -0.2) is 41.3 Å². The second-order valence-corrected chi connectivity index (χ2v) is 14.1. The van der Waals surface area contributed by atoms with Crippen LogP contribution in [-0.2, 0) is 20.5 Å². The number of halogens is 3. The number of aryl methyl sites for hydroxylation is 1. The van der Waals surface area contributed by atoms with Gasteiger partial charge in [-0.3, -0.25) is 4.72 Å².